The number of nitrogens with zero attached hydrogens (tertiary/aromatic N) is 5. The number of hydrogen-bond donors (Lipinski definition) is 1. The van der Waals surface area contributed by atoms with Crippen LogP contribution in [0.5, 0.6) is 11.5 Å². The Morgan fingerprint density at radius 1 is 0.725 bits per heavy atom. The summed E-state index contributed by atoms with van der Waals surface area (Å²) >= 11 is 0. The summed E-state index contributed by atoms with van der Waals surface area (Å²) in [5, 5.41) is 10.0. The van der Waals surface area contributed by atoms with Crippen LogP contribution in [0.2, 0.25) is 0 Å². The Morgan fingerprint density at radius 3 is 1.57 bits per heavy atom. The number of benzene rings is 2. The maximum Gasteiger partial charge on any atom is 0.353 e. The van der Waals surface area contributed by atoms with Crippen molar-refractivity contribution in [3.8, 4) is 17.6 Å². The third-order valence-corrected chi connectivity index (χ3v) is 10.8. The van der Waals surface area contributed by atoms with Crippen LogP contribution in [0.25, 0.3) is 0 Å². The van der Waals surface area contributed by atoms with Crippen molar-refractivity contribution < 1.29 is 32.2 Å². The molecule has 0 bridgehead atoms. The van der Waals surface area contributed by atoms with Crippen molar-refractivity contribution in [1.82, 2.24) is 0 Å². The third-order valence-electron chi connectivity index (χ3n) is 8.98. The first-order chi connectivity index (χ1) is 24.4. The first kappa shape index (κ1) is 38.9. The number of amides is 1. The van der Waals surface area contributed by atoms with Crippen LogP contribution in [0.3, 0.4) is 0 Å². The van der Waals surface area contributed by atoms with E-state index in [0.29, 0.717) is 47.5 Å². The van der Waals surface area contributed by atoms with E-state index < -0.39 is 26.6 Å². The molecule has 0 unspecified atom stereocenters. The van der Waals surface area contributed by atoms with Gasteiger partial charge in [0.2, 0.25) is 9.84 Å². The average Bonchev–Trinajstić information content (AvgIpc) is 3.50. The van der Waals surface area contributed by atoms with Gasteiger partial charge in [-0.05, 0) is 31.9 Å². The Kier molecular flexibility index (Phi) is 12.9. The molecule has 4 rings (SSSR count). The largest absolute Gasteiger partial charge is 0.489 e. The number of sulfone groups is 1. The molecule has 13 nitrogen and oxygen atoms in total. The number of primary amides is 1. The van der Waals surface area contributed by atoms with Crippen molar-refractivity contribution in [3.05, 3.63) is 52.5 Å². The zero-order valence-corrected chi connectivity index (χ0v) is 31.6. The van der Waals surface area contributed by atoms with Crippen molar-refractivity contribution in [2.24, 2.45) is 5.73 Å². The Labute approximate surface area is 301 Å². The lowest BCUT2D eigenvalue weighted by Crippen LogP contribution is -2.31. The van der Waals surface area contributed by atoms with E-state index in [1.54, 1.807) is 72.9 Å². The minimum absolute atomic E-state index is 0.0430. The highest BCUT2D eigenvalue weighted by molar-refractivity contribution is 7.96. The van der Waals surface area contributed by atoms with Gasteiger partial charge in [-0.15, -0.1) is 0 Å². The number of anilines is 4. The summed E-state index contributed by atoms with van der Waals surface area (Å²) in [6.07, 6.45) is 7.50. The van der Waals surface area contributed by atoms with Crippen LogP contribution < -0.4 is 34.8 Å². The number of esters is 1. The Balaban J connectivity index is 2.09. The van der Waals surface area contributed by atoms with E-state index in [-0.39, 0.29) is 28.7 Å². The van der Waals surface area contributed by atoms with E-state index in [0.717, 1.165) is 51.4 Å². The van der Waals surface area contributed by atoms with E-state index in [1.807, 2.05) is 6.07 Å². The lowest BCUT2D eigenvalue weighted by atomic mass is 10.1. The molecule has 2 aliphatic heterocycles. The number of rotatable bonds is 17. The summed E-state index contributed by atoms with van der Waals surface area (Å²) in [7, 11) is 2.33. The molecule has 2 aromatic rings. The molecule has 14 heteroatoms. The van der Waals surface area contributed by atoms with Crippen LogP contribution >= 0.6 is 0 Å². The van der Waals surface area contributed by atoms with Gasteiger partial charge in [0.15, 0.2) is 22.0 Å². The minimum Gasteiger partial charge on any atom is -0.489 e. The second kappa shape index (κ2) is 16.9. The number of nitrogens with two attached hydrogens (primary N) is 1. The monoisotopic (exact) mass is 722 g/mol. The van der Waals surface area contributed by atoms with Crippen molar-refractivity contribution in [2.45, 2.75) is 77.0 Å². The number of unbranched alkanes of at least 4 members (excludes halogenated alkanes) is 6. The van der Waals surface area contributed by atoms with Crippen LogP contribution in [-0.2, 0) is 24.2 Å². The highest BCUT2D eigenvalue weighted by atomic mass is 32.2. The van der Waals surface area contributed by atoms with Crippen LogP contribution in [0.1, 0.15) is 72.1 Å². The second-order valence-corrected chi connectivity index (χ2v) is 14.4. The van der Waals surface area contributed by atoms with Crippen molar-refractivity contribution in [3.63, 3.8) is 0 Å². The lowest BCUT2D eigenvalue weighted by Gasteiger charge is -2.24. The topological polar surface area (TPSA) is 159 Å². The molecular weight excluding hydrogens is 673 g/mol. The zero-order chi connectivity index (χ0) is 37.5. The van der Waals surface area contributed by atoms with Gasteiger partial charge in [0.05, 0.1) is 24.7 Å². The predicted molar refractivity (Wildman–Crippen MR) is 198 cm³/mol. The number of nitriles is 1. The molecule has 2 N–H and O–H groups in total. The summed E-state index contributed by atoms with van der Waals surface area (Å²) in [6, 6.07) is 9.71. The van der Waals surface area contributed by atoms with E-state index >= 15 is 0 Å². The lowest BCUT2D eigenvalue weighted by molar-refractivity contribution is -0.137. The van der Waals surface area contributed by atoms with Crippen molar-refractivity contribution in [2.75, 3.05) is 67.6 Å². The zero-order valence-electron chi connectivity index (χ0n) is 30.7. The van der Waals surface area contributed by atoms with Gasteiger partial charge >= 0.3 is 5.97 Å². The minimum atomic E-state index is -4.41. The molecule has 0 aromatic heterocycles. The maximum absolute atomic E-state index is 14.3. The second-order valence-electron chi connectivity index (χ2n) is 12.5. The number of carbonyl (C=O) groups excluding carboxylic acids is 2. The fraction of sp³-hybridized carbons (Fsp3) is 0.486. The summed E-state index contributed by atoms with van der Waals surface area (Å²) in [5.41, 5.74) is 7.36. The smallest absolute Gasteiger partial charge is 0.353 e. The molecular formula is C37H50N6O7S. The standard InChI is InChI=1S/C37H50N6O7S/c1-8-11-13-18-22-49-31-27-28(41(5)35(40(27)4)26(24-38)34(39)44)32(50-23-19-14-12-9-2)30-29(31)42(6)36(43(30)7)33(37(45)48-10-3)51(46,47)25-20-16-15-17-21-25/h15-17,20-21H,8-14,18-19,22-23H2,1-7H3,(H2,39,44). The maximum atomic E-state index is 14.3. The van der Waals surface area contributed by atoms with E-state index in [4.69, 9.17) is 19.9 Å². The number of carbonyl (C=O) groups is 2. The molecule has 0 radical (unpaired) electrons. The van der Waals surface area contributed by atoms with E-state index in [9.17, 15) is 23.3 Å². The van der Waals surface area contributed by atoms with Gasteiger partial charge in [-0.3, -0.25) is 4.79 Å². The van der Waals surface area contributed by atoms with Crippen LogP contribution in [0.4, 0.5) is 22.7 Å². The molecule has 276 valence electrons. The molecule has 2 aliphatic rings. The highest BCUT2D eigenvalue weighted by Crippen LogP contribution is 2.64. The van der Waals surface area contributed by atoms with Gasteiger partial charge in [-0.2, -0.15) is 5.26 Å². The molecule has 0 saturated carbocycles. The van der Waals surface area contributed by atoms with Crippen molar-refractivity contribution in [1.29, 1.82) is 5.26 Å². The Morgan fingerprint density at radius 2 is 1.18 bits per heavy atom. The third kappa shape index (κ3) is 7.44. The summed E-state index contributed by atoms with van der Waals surface area (Å²) < 4.78 is 47.3. The van der Waals surface area contributed by atoms with Gasteiger partial charge in [-0.25, -0.2) is 13.2 Å². The molecule has 2 heterocycles. The fourth-order valence-corrected chi connectivity index (χ4v) is 8.09. The van der Waals surface area contributed by atoms with Crippen LogP contribution in [0, 0.1) is 11.3 Å². The quantitative estimate of drug-likeness (QED) is 0.0906. The molecule has 0 fully saturated rings. The molecule has 0 atom stereocenters. The summed E-state index contributed by atoms with van der Waals surface area (Å²) in [5.74, 6) is -0.857. The normalized spacial score (nSPS) is 13.6. The molecule has 0 spiro atoms. The Hall–Kier alpha value is -4.90. The fourth-order valence-electron chi connectivity index (χ4n) is 6.54. The first-order valence-corrected chi connectivity index (χ1v) is 19.0. The van der Waals surface area contributed by atoms with Gasteiger partial charge in [-0.1, -0.05) is 70.6 Å². The van der Waals surface area contributed by atoms with Gasteiger partial charge in [0, 0.05) is 28.2 Å². The van der Waals surface area contributed by atoms with Crippen LogP contribution in [-0.4, -0.2) is 68.3 Å². The number of fused-ring (bicyclic) bond motifs is 2. The highest BCUT2D eigenvalue weighted by Gasteiger charge is 2.48. The van der Waals surface area contributed by atoms with Gasteiger partial charge in [0.25, 0.3) is 5.91 Å². The number of hydrogen-bond acceptors (Lipinski definition) is 12. The predicted octanol–water partition coefficient (Wildman–Crippen LogP) is 5.80. The van der Waals surface area contributed by atoms with Gasteiger partial charge < -0.3 is 39.5 Å². The molecule has 0 saturated heterocycles. The SMILES string of the molecule is CCCCCCOc1c2c(c(OCCCCCC)c3c1N(C)C(=C(C(=O)OCC)S(=O)(=O)c1ccccc1)N3C)N(C)C(=C(C#N)C(N)=O)N2C. The molecule has 2 aromatic carbocycles. The summed E-state index contributed by atoms with van der Waals surface area (Å²) in [4.78, 5) is 32.3. The molecule has 1 amide bonds. The van der Waals surface area contributed by atoms with E-state index in [1.165, 1.54) is 12.1 Å². The van der Waals surface area contributed by atoms with Crippen LogP contribution in [0.15, 0.2) is 57.3 Å². The Bertz CT molecular complexity index is 1770. The molecule has 51 heavy (non-hydrogen) atoms. The van der Waals surface area contributed by atoms with Crippen molar-refractivity contribution >= 4 is 44.5 Å². The van der Waals surface area contributed by atoms with Gasteiger partial charge in [0.1, 0.15) is 40.5 Å². The first-order valence-electron chi connectivity index (χ1n) is 17.5. The number of ether oxygens (including phenoxy) is 3. The van der Waals surface area contributed by atoms with E-state index in [2.05, 4.69) is 13.8 Å². The summed E-state index contributed by atoms with van der Waals surface area (Å²) in [6.45, 7) is 6.47. The molecule has 0 aliphatic carbocycles. The average molecular weight is 723 g/mol.